The van der Waals surface area contributed by atoms with Gasteiger partial charge in [0, 0.05) is 25.6 Å². The van der Waals surface area contributed by atoms with Gasteiger partial charge < -0.3 is 25.8 Å². The van der Waals surface area contributed by atoms with Crippen molar-refractivity contribution in [2.45, 2.75) is 36.8 Å². The van der Waals surface area contributed by atoms with E-state index in [0.29, 0.717) is 18.5 Å². The summed E-state index contributed by atoms with van der Waals surface area (Å²) < 4.78 is 0. The molecule has 8 heteroatoms. The highest BCUT2D eigenvalue weighted by Crippen LogP contribution is 2.42. The molecule has 29 heavy (non-hydrogen) atoms. The van der Waals surface area contributed by atoms with Crippen molar-refractivity contribution in [1.29, 1.82) is 0 Å². The average Bonchev–Trinajstić information content (AvgIpc) is 2.96. The van der Waals surface area contributed by atoms with Crippen LogP contribution >= 0.6 is 0 Å². The van der Waals surface area contributed by atoms with E-state index in [1.165, 1.54) is 17.5 Å². The maximum absolute atomic E-state index is 12.6. The molecule has 1 saturated heterocycles. The SMILES string of the molecule is CN(CC(N)=O)C(=O)CN1C[C@@]2(CC[C@@H](N(C)C)C(c3ccccc3)C2)NC1=O. The number of rotatable bonds is 6. The number of nitrogens with zero attached hydrogens (tertiary/aromatic N) is 3. The van der Waals surface area contributed by atoms with Gasteiger partial charge in [0.15, 0.2) is 0 Å². The smallest absolute Gasteiger partial charge is 0.318 e. The molecule has 1 spiro atoms. The first kappa shape index (κ1) is 21.1. The molecule has 1 unspecified atom stereocenters. The molecule has 2 aliphatic rings. The molecule has 1 aromatic rings. The minimum atomic E-state index is -0.573. The van der Waals surface area contributed by atoms with Gasteiger partial charge in [0.1, 0.15) is 6.54 Å². The standard InChI is InChI=1S/C21H31N5O3/c1-24(2)17-9-10-21(11-16(17)15-7-5-4-6-8-15)14-26(20(29)23-21)13-19(28)25(3)12-18(22)27/h4-8,16-17H,9-14H2,1-3H3,(H2,22,27)(H,23,29)/t16?,17-,21+/m1/s1. The molecule has 1 heterocycles. The zero-order valence-corrected chi connectivity index (χ0v) is 17.4. The van der Waals surface area contributed by atoms with E-state index in [9.17, 15) is 14.4 Å². The van der Waals surface area contributed by atoms with Crippen molar-refractivity contribution in [1.82, 2.24) is 20.0 Å². The number of benzene rings is 1. The molecular weight excluding hydrogens is 370 g/mol. The second-order valence-corrected chi connectivity index (χ2v) is 8.57. The Hall–Kier alpha value is -2.61. The Bertz CT molecular complexity index is 769. The van der Waals surface area contributed by atoms with Crippen LogP contribution in [0.3, 0.4) is 0 Å². The fourth-order valence-electron chi connectivity index (χ4n) is 4.72. The number of primary amides is 1. The molecule has 3 atom stereocenters. The summed E-state index contributed by atoms with van der Waals surface area (Å²) >= 11 is 0. The summed E-state index contributed by atoms with van der Waals surface area (Å²) in [5.74, 6) is -0.568. The lowest BCUT2D eigenvalue weighted by molar-refractivity contribution is -0.134. The van der Waals surface area contributed by atoms with Crippen molar-refractivity contribution in [2.24, 2.45) is 5.73 Å². The molecule has 3 rings (SSSR count). The average molecular weight is 402 g/mol. The Morgan fingerprint density at radius 1 is 1.24 bits per heavy atom. The van der Waals surface area contributed by atoms with E-state index in [1.807, 2.05) is 6.07 Å². The Morgan fingerprint density at radius 2 is 1.93 bits per heavy atom. The van der Waals surface area contributed by atoms with Crippen LogP contribution in [0.2, 0.25) is 0 Å². The van der Waals surface area contributed by atoms with Gasteiger partial charge in [-0.15, -0.1) is 0 Å². The molecule has 2 fully saturated rings. The zero-order chi connectivity index (χ0) is 21.2. The lowest BCUT2D eigenvalue weighted by atomic mass is 9.70. The van der Waals surface area contributed by atoms with E-state index in [0.717, 1.165) is 19.3 Å². The van der Waals surface area contributed by atoms with Crippen LogP contribution in [0.25, 0.3) is 0 Å². The molecule has 1 aromatic carbocycles. The van der Waals surface area contributed by atoms with Crippen LogP contribution in [0.4, 0.5) is 4.79 Å². The van der Waals surface area contributed by atoms with Crippen molar-refractivity contribution in [3.8, 4) is 0 Å². The molecule has 0 radical (unpaired) electrons. The second-order valence-electron chi connectivity index (χ2n) is 8.57. The predicted molar refractivity (Wildman–Crippen MR) is 110 cm³/mol. The van der Waals surface area contributed by atoms with E-state index >= 15 is 0 Å². The molecule has 8 nitrogen and oxygen atoms in total. The molecular formula is C21H31N5O3. The van der Waals surface area contributed by atoms with Crippen molar-refractivity contribution in [3.05, 3.63) is 35.9 Å². The van der Waals surface area contributed by atoms with Crippen molar-refractivity contribution >= 4 is 17.8 Å². The highest BCUT2D eigenvalue weighted by molar-refractivity contribution is 5.88. The lowest BCUT2D eigenvalue weighted by Gasteiger charge is -2.45. The fraction of sp³-hybridized carbons (Fsp3) is 0.571. The normalized spacial score (nSPS) is 26.6. The van der Waals surface area contributed by atoms with E-state index in [-0.39, 0.29) is 30.6 Å². The number of carbonyl (C=O) groups excluding carboxylic acids is 3. The predicted octanol–water partition coefficient (Wildman–Crippen LogP) is 0.592. The second kappa shape index (κ2) is 8.41. The summed E-state index contributed by atoms with van der Waals surface area (Å²) in [6.07, 6.45) is 2.66. The van der Waals surface area contributed by atoms with Crippen LogP contribution in [0.1, 0.15) is 30.7 Å². The zero-order valence-electron chi connectivity index (χ0n) is 17.4. The van der Waals surface area contributed by atoms with Gasteiger partial charge in [0.05, 0.1) is 12.1 Å². The molecule has 1 aliphatic carbocycles. The van der Waals surface area contributed by atoms with Crippen LogP contribution in [0, 0.1) is 0 Å². The number of amides is 4. The Morgan fingerprint density at radius 3 is 2.55 bits per heavy atom. The number of hydrogen-bond donors (Lipinski definition) is 2. The summed E-state index contributed by atoms with van der Waals surface area (Å²) in [7, 11) is 5.72. The van der Waals surface area contributed by atoms with Gasteiger partial charge in [-0.3, -0.25) is 9.59 Å². The molecule has 0 bridgehead atoms. The first-order chi connectivity index (χ1) is 13.7. The van der Waals surface area contributed by atoms with Crippen LogP contribution in [0.5, 0.6) is 0 Å². The molecule has 158 valence electrons. The summed E-state index contributed by atoms with van der Waals surface area (Å²) in [6, 6.07) is 10.6. The third-order valence-electron chi connectivity index (χ3n) is 6.18. The molecule has 4 amide bonds. The summed E-state index contributed by atoms with van der Waals surface area (Å²) in [6.45, 7) is 0.288. The number of urea groups is 1. The van der Waals surface area contributed by atoms with Gasteiger partial charge >= 0.3 is 6.03 Å². The number of nitrogens with two attached hydrogens (primary N) is 1. The van der Waals surface area contributed by atoms with E-state index < -0.39 is 5.91 Å². The Balaban J connectivity index is 1.73. The molecule has 3 N–H and O–H groups in total. The largest absolute Gasteiger partial charge is 0.368 e. The summed E-state index contributed by atoms with van der Waals surface area (Å²) in [5, 5.41) is 3.17. The molecule has 1 aliphatic heterocycles. The number of likely N-dealkylation sites (N-methyl/N-ethyl adjacent to an activating group) is 2. The van der Waals surface area contributed by atoms with Crippen molar-refractivity contribution < 1.29 is 14.4 Å². The topological polar surface area (TPSA) is 99.0 Å². The van der Waals surface area contributed by atoms with E-state index in [4.69, 9.17) is 5.73 Å². The van der Waals surface area contributed by atoms with Crippen molar-refractivity contribution in [2.75, 3.05) is 40.8 Å². The fourth-order valence-corrected chi connectivity index (χ4v) is 4.72. The maximum Gasteiger partial charge on any atom is 0.318 e. The maximum atomic E-state index is 12.6. The number of nitrogens with one attached hydrogen (secondary N) is 1. The van der Waals surface area contributed by atoms with Crippen molar-refractivity contribution in [3.63, 3.8) is 0 Å². The monoisotopic (exact) mass is 401 g/mol. The summed E-state index contributed by atoms with van der Waals surface area (Å²) in [4.78, 5) is 41.1. The van der Waals surface area contributed by atoms with Crippen LogP contribution in [0.15, 0.2) is 30.3 Å². The van der Waals surface area contributed by atoms with E-state index in [1.54, 1.807) is 4.90 Å². The van der Waals surface area contributed by atoms with Gasteiger partial charge in [-0.25, -0.2) is 4.79 Å². The Kier molecular flexibility index (Phi) is 6.12. The number of carbonyl (C=O) groups is 3. The van der Waals surface area contributed by atoms with Crippen LogP contribution in [-0.2, 0) is 9.59 Å². The minimum absolute atomic E-state index is 0.0511. The molecule has 0 aromatic heterocycles. The van der Waals surface area contributed by atoms with Crippen LogP contribution in [-0.4, -0.2) is 84.9 Å². The Labute approximate surface area is 172 Å². The first-order valence-corrected chi connectivity index (χ1v) is 10.0. The summed E-state index contributed by atoms with van der Waals surface area (Å²) in [5.41, 5.74) is 6.09. The minimum Gasteiger partial charge on any atom is -0.368 e. The highest BCUT2D eigenvalue weighted by Gasteiger charge is 2.49. The van der Waals surface area contributed by atoms with Gasteiger partial charge in [0.2, 0.25) is 11.8 Å². The first-order valence-electron chi connectivity index (χ1n) is 10.0. The number of hydrogen-bond acceptors (Lipinski definition) is 4. The van der Waals surface area contributed by atoms with Gasteiger partial charge in [-0.05, 0) is 38.9 Å². The highest BCUT2D eigenvalue weighted by atomic mass is 16.2. The van der Waals surface area contributed by atoms with E-state index in [2.05, 4.69) is 48.6 Å². The third-order valence-corrected chi connectivity index (χ3v) is 6.18. The van der Waals surface area contributed by atoms with Gasteiger partial charge in [-0.2, -0.15) is 0 Å². The van der Waals surface area contributed by atoms with Crippen LogP contribution < -0.4 is 11.1 Å². The van der Waals surface area contributed by atoms with Gasteiger partial charge in [0.25, 0.3) is 0 Å². The van der Waals surface area contributed by atoms with Gasteiger partial charge in [-0.1, -0.05) is 30.3 Å². The molecule has 1 saturated carbocycles. The lowest BCUT2D eigenvalue weighted by Crippen LogP contribution is -2.52. The third kappa shape index (κ3) is 4.70. The quantitative estimate of drug-likeness (QED) is 0.729.